The largest absolute Gasteiger partial charge is 0.368 e. The molecule has 0 aromatic heterocycles. The molecule has 2 heterocycles. The fourth-order valence-corrected chi connectivity index (χ4v) is 3.62. The van der Waals surface area contributed by atoms with Gasteiger partial charge in [-0.2, -0.15) is 0 Å². The molecule has 0 bridgehead atoms. The van der Waals surface area contributed by atoms with Gasteiger partial charge in [-0.05, 0) is 36.5 Å². The van der Waals surface area contributed by atoms with Gasteiger partial charge in [0.05, 0.1) is 4.91 Å². The summed E-state index contributed by atoms with van der Waals surface area (Å²) >= 11 is 0.961. The maximum atomic E-state index is 11.8. The van der Waals surface area contributed by atoms with Crippen molar-refractivity contribution in [2.75, 3.05) is 51.2 Å². The Morgan fingerprint density at radius 1 is 1.21 bits per heavy atom. The zero-order valence-corrected chi connectivity index (χ0v) is 14.6. The zero-order valence-electron chi connectivity index (χ0n) is 13.7. The Kier molecular flexibility index (Phi) is 5.55. The molecular formula is C17H22N4O2S. The minimum atomic E-state index is -0.309. The van der Waals surface area contributed by atoms with Crippen LogP contribution in [-0.4, -0.2) is 62.4 Å². The number of imide groups is 1. The van der Waals surface area contributed by atoms with Crippen LogP contribution in [0.15, 0.2) is 29.2 Å². The van der Waals surface area contributed by atoms with Crippen molar-refractivity contribution in [3.63, 3.8) is 0 Å². The number of nitrogens with zero attached hydrogens (tertiary/aromatic N) is 2. The first-order valence-corrected chi connectivity index (χ1v) is 8.95. The third-order valence-corrected chi connectivity index (χ3v) is 5.07. The van der Waals surface area contributed by atoms with Crippen LogP contribution in [0.2, 0.25) is 0 Å². The van der Waals surface area contributed by atoms with E-state index in [-0.39, 0.29) is 11.1 Å². The van der Waals surface area contributed by atoms with Crippen LogP contribution in [0.5, 0.6) is 0 Å². The van der Waals surface area contributed by atoms with Crippen molar-refractivity contribution < 1.29 is 9.59 Å². The Morgan fingerprint density at radius 2 is 1.96 bits per heavy atom. The zero-order chi connectivity index (χ0) is 16.9. The van der Waals surface area contributed by atoms with E-state index in [1.54, 1.807) is 0 Å². The molecule has 7 heteroatoms. The molecule has 2 N–H and O–H groups in total. The van der Waals surface area contributed by atoms with Crippen molar-refractivity contribution in [3.05, 3.63) is 34.7 Å². The molecule has 2 fully saturated rings. The van der Waals surface area contributed by atoms with Gasteiger partial charge in [0.2, 0.25) is 0 Å². The standard InChI is InChI=1S/C17H22N4O2S/c1-18-6-7-20-8-10-21(11-9-20)14-5-3-2-4-13(14)12-15-16(22)19-17(23)24-15/h2-5,12,18H,6-11H2,1H3,(H,19,22,23). The minimum Gasteiger partial charge on any atom is -0.368 e. The molecule has 3 rings (SSSR count). The summed E-state index contributed by atoms with van der Waals surface area (Å²) in [5.41, 5.74) is 2.10. The van der Waals surface area contributed by atoms with Gasteiger partial charge in [0, 0.05) is 45.0 Å². The summed E-state index contributed by atoms with van der Waals surface area (Å²) in [6, 6.07) is 8.04. The van der Waals surface area contributed by atoms with Crippen LogP contribution in [0, 0.1) is 0 Å². The molecule has 0 spiro atoms. The van der Waals surface area contributed by atoms with Crippen LogP contribution in [-0.2, 0) is 4.79 Å². The van der Waals surface area contributed by atoms with Crippen molar-refractivity contribution in [2.24, 2.45) is 0 Å². The number of hydrogen-bond donors (Lipinski definition) is 2. The number of hydrogen-bond acceptors (Lipinski definition) is 6. The number of rotatable bonds is 5. The van der Waals surface area contributed by atoms with Crippen LogP contribution in [0.4, 0.5) is 10.5 Å². The molecule has 0 unspecified atom stereocenters. The summed E-state index contributed by atoms with van der Waals surface area (Å²) in [5.74, 6) is -0.309. The van der Waals surface area contributed by atoms with E-state index >= 15 is 0 Å². The third-order valence-electron chi connectivity index (χ3n) is 4.26. The van der Waals surface area contributed by atoms with Gasteiger partial charge < -0.3 is 10.2 Å². The van der Waals surface area contributed by atoms with E-state index < -0.39 is 0 Å². The SMILES string of the molecule is CNCCN1CCN(c2ccccc2C=C2SC(=O)NC2=O)CC1. The first-order chi connectivity index (χ1) is 11.7. The lowest BCUT2D eigenvalue weighted by molar-refractivity contribution is -0.115. The number of amides is 2. The van der Waals surface area contributed by atoms with Crippen molar-refractivity contribution in [1.82, 2.24) is 15.5 Å². The van der Waals surface area contributed by atoms with Gasteiger partial charge in [0.25, 0.3) is 11.1 Å². The third kappa shape index (κ3) is 3.98. The van der Waals surface area contributed by atoms with Crippen LogP contribution in [0.1, 0.15) is 5.56 Å². The summed E-state index contributed by atoms with van der Waals surface area (Å²) in [6.07, 6.45) is 1.81. The summed E-state index contributed by atoms with van der Waals surface area (Å²) < 4.78 is 0. The van der Waals surface area contributed by atoms with Crippen LogP contribution in [0.25, 0.3) is 6.08 Å². The summed E-state index contributed by atoms with van der Waals surface area (Å²) in [7, 11) is 1.97. The summed E-state index contributed by atoms with van der Waals surface area (Å²) in [5, 5.41) is 5.18. The molecule has 0 aliphatic carbocycles. The van der Waals surface area contributed by atoms with Crippen molar-refractivity contribution in [2.45, 2.75) is 0 Å². The summed E-state index contributed by atoms with van der Waals surface area (Å²) in [4.78, 5) is 28.4. The van der Waals surface area contributed by atoms with Gasteiger partial charge in [-0.3, -0.25) is 19.8 Å². The van der Waals surface area contributed by atoms with E-state index in [1.807, 2.05) is 31.3 Å². The minimum absolute atomic E-state index is 0.304. The molecule has 2 saturated heterocycles. The Balaban J connectivity index is 1.72. The maximum absolute atomic E-state index is 11.8. The number of thioether (sulfide) groups is 1. The van der Waals surface area contributed by atoms with Crippen molar-refractivity contribution >= 4 is 34.7 Å². The second-order valence-corrected chi connectivity index (χ2v) is 6.86. The van der Waals surface area contributed by atoms with Crippen LogP contribution >= 0.6 is 11.8 Å². The van der Waals surface area contributed by atoms with Gasteiger partial charge in [-0.15, -0.1) is 0 Å². The van der Waals surface area contributed by atoms with Gasteiger partial charge in [0.15, 0.2) is 0 Å². The fourth-order valence-electron chi connectivity index (χ4n) is 2.94. The molecule has 0 saturated carbocycles. The van der Waals surface area contributed by atoms with Gasteiger partial charge in [-0.1, -0.05) is 18.2 Å². The second kappa shape index (κ2) is 7.83. The highest BCUT2D eigenvalue weighted by Gasteiger charge is 2.26. The Hall–Kier alpha value is -1.83. The maximum Gasteiger partial charge on any atom is 0.290 e. The number of carbonyl (C=O) groups is 2. The summed E-state index contributed by atoms with van der Waals surface area (Å²) in [6.45, 7) is 6.04. The topological polar surface area (TPSA) is 64.7 Å². The van der Waals surface area contributed by atoms with E-state index in [4.69, 9.17) is 0 Å². The highest BCUT2D eigenvalue weighted by molar-refractivity contribution is 8.18. The predicted molar refractivity (Wildman–Crippen MR) is 98.1 cm³/mol. The molecule has 1 aromatic carbocycles. The average molecular weight is 346 g/mol. The lowest BCUT2D eigenvalue weighted by Crippen LogP contribution is -2.48. The highest BCUT2D eigenvalue weighted by atomic mass is 32.2. The number of likely N-dealkylation sites (N-methyl/N-ethyl adjacent to an activating group) is 1. The molecular weight excluding hydrogens is 324 g/mol. The van der Waals surface area contributed by atoms with E-state index in [0.29, 0.717) is 4.91 Å². The monoisotopic (exact) mass is 346 g/mol. The molecule has 2 aliphatic heterocycles. The number of benzene rings is 1. The predicted octanol–water partition coefficient (Wildman–Crippen LogP) is 1.35. The molecule has 2 aliphatic rings. The van der Waals surface area contributed by atoms with E-state index in [0.717, 1.165) is 62.3 Å². The van der Waals surface area contributed by atoms with Gasteiger partial charge >= 0.3 is 0 Å². The fraction of sp³-hybridized carbons (Fsp3) is 0.412. The average Bonchev–Trinajstić information content (AvgIpc) is 2.91. The van der Waals surface area contributed by atoms with Gasteiger partial charge in [0.1, 0.15) is 0 Å². The van der Waals surface area contributed by atoms with E-state index in [9.17, 15) is 9.59 Å². The first-order valence-electron chi connectivity index (χ1n) is 8.13. The molecule has 0 atom stereocenters. The normalized spacial score (nSPS) is 20.7. The lowest BCUT2D eigenvalue weighted by atomic mass is 10.1. The van der Waals surface area contributed by atoms with Crippen LogP contribution < -0.4 is 15.5 Å². The number of carbonyl (C=O) groups excluding carboxylic acids is 2. The lowest BCUT2D eigenvalue weighted by Gasteiger charge is -2.36. The van der Waals surface area contributed by atoms with E-state index in [2.05, 4.69) is 26.5 Å². The smallest absolute Gasteiger partial charge is 0.290 e. The molecule has 128 valence electrons. The second-order valence-electron chi connectivity index (χ2n) is 5.84. The van der Waals surface area contributed by atoms with Crippen molar-refractivity contribution in [1.29, 1.82) is 0 Å². The molecule has 2 amide bonds. The Morgan fingerprint density at radius 3 is 2.62 bits per heavy atom. The molecule has 6 nitrogen and oxygen atoms in total. The highest BCUT2D eigenvalue weighted by Crippen LogP contribution is 2.30. The molecule has 1 aromatic rings. The van der Waals surface area contributed by atoms with Crippen LogP contribution in [0.3, 0.4) is 0 Å². The number of para-hydroxylation sites is 1. The van der Waals surface area contributed by atoms with Crippen molar-refractivity contribution in [3.8, 4) is 0 Å². The Bertz CT molecular complexity index is 654. The first kappa shape index (κ1) is 17.0. The Labute approximate surface area is 146 Å². The molecule has 24 heavy (non-hydrogen) atoms. The number of anilines is 1. The number of nitrogens with one attached hydrogen (secondary N) is 2. The van der Waals surface area contributed by atoms with Gasteiger partial charge in [-0.25, -0.2) is 0 Å². The van der Waals surface area contributed by atoms with E-state index in [1.165, 1.54) is 0 Å². The molecule has 0 radical (unpaired) electrons. The number of piperazine rings is 1. The quantitative estimate of drug-likeness (QED) is 0.785.